The molecule has 0 unspecified atom stereocenters. The van der Waals surface area contributed by atoms with Gasteiger partial charge in [0.05, 0.1) is 38.1 Å². The van der Waals surface area contributed by atoms with Crippen LogP contribution in [0.25, 0.3) is 22.4 Å². The van der Waals surface area contributed by atoms with E-state index in [4.69, 9.17) is 9.47 Å². The van der Waals surface area contributed by atoms with E-state index in [1.807, 2.05) is 41.0 Å². The van der Waals surface area contributed by atoms with Crippen LogP contribution >= 0.6 is 0 Å². The van der Waals surface area contributed by atoms with Crippen molar-refractivity contribution in [3.05, 3.63) is 54.6 Å². The first-order valence-corrected chi connectivity index (χ1v) is 7.80. The molecular weight excluding hydrogens is 318 g/mol. The quantitative estimate of drug-likeness (QED) is 0.607. The molecule has 0 aliphatic rings. The molecule has 0 aliphatic heterocycles. The van der Waals surface area contributed by atoms with Gasteiger partial charge >= 0.3 is 0 Å². The molecule has 0 atom stereocenters. The van der Waals surface area contributed by atoms with E-state index in [0.29, 0.717) is 18.0 Å². The highest BCUT2D eigenvalue weighted by molar-refractivity contribution is 5.79. The van der Waals surface area contributed by atoms with Gasteiger partial charge in [-0.25, -0.2) is 4.98 Å². The Hall–Kier alpha value is -3.35. The van der Waals surface area contributed by atoms with Crippen LogP contribution in [0.1, 0.15) is 5.56 Å². The molecular formula is C18H17N5O2. The summed E-state index contributed by atoms with van der Waals surface area (Å²) in [6.07, 6.45) is 3.41. The van der Waals surface area contributed by atoms with Crippen molar-refractivity contribution >= 4 is 11.0 Å². The van der Waals surface area contributed by atoms with E-state index in [0.717, 1.165) is 28.0 Å². The Bertz CT molecular complexity index is 1020. The Kier molecular flexibility index (Phi) is 3.81. The number of hydrogen-bond acceptors (Lipinski definition) is 5. The van der Waals surface area contributed by atoms with Crippen LogP contribution in [0.5, 0.6) is 11.5 Å². The summed E-state index contributed by atoms with van der Waals surface area (Å²) in [4.78, 5) is 7.36. The molecule has 0 fully saturated rings. The first-order chi connectivity index (χ1) is 12.3. The van der Waals surface area contributed by atoms with E-state index in [2.05, 4.69) is 20.2 Å². The largest absolute Gasteiger partial charge is 0.493 e. The molecule has 2 aromatic heterocycles. The maximum atomic E-state index is 5.37. The van der Waals surface area contributed by atoms with E-state index in [1.165, 1.54) is 0 Å². The minimum absolute atomic E-state index is 0.629. The van der Waals surface area contributed by atoms with Gasteiger partial charge in [-0.15, -0.1) is 10.2 Å². The van der Waals surface area contributed by atoms with E-state index in [9.17, 15) is 0 Å². The summed E-state index contributed by atoms with van der Waals surface area (Å²) in [5.41, 5.74) is 3.95. The summed E-state index contributed by atoms with van der Waals surface area (Å²) in [7, 11) is 3.26. The first kappa shape index (κ1) is 15.2. The minimum atomic E-state index is 0.629. The van der Waals surface area contributed by atoms with Crippen molar-refractivity contribution in [3.8, 4) is 22.9 Å². The van der Waals surface area contributed by atoms with Gasteiger partial charge in [0, 0.05) is 5.56 Å². The Morgan fingerprint density at radius 3 is 2.76 bits per heavy atom. The van der Waals surface area contributed by atoms with Gasteiger partial charge in [-0.05, 0) is 35.9 Å². The lowest BCUT2D eigenvalue weighted by Gasteiger charge is -2.11. The second-order valence-electron chi connectivity index (χ2n) is 5.61. The fraction of sp³-hybridized carbons (Fsp3) is 0.167. The lowest BCUT2D eigenvalue weighted by atomic mass is 10.1. The summed E-state index contributed by atoms with van der Waals surface area (Å²) in [5, 5.41) is 8.34. The van der Waals surface area contributed by atoms with Crippen LogP contribution in [0, 0.1) is 0 Å². The minimum Gasteiger partial charge on any atom is -0.493 e. The monoisotopic (exact) mass is 335 g/mol. The molecule has 4 rings (SSSR count). The molecule has 0 radical (unpaired) electrons. The highest BCUT2D eigenvalue weighted by atomic mass is 16.5. The summed E-state index contributed by atoms with van der Waals surface area (Å²) in [5.74, 6) is 2.21. The normalized spacial score (nSPS) is 11.0. The van der Waals surface area contributed by atoms with Crippen LogP contribution in [0.2, 0.25) is 0 Å². The third-order valence-corrected chi connectivity index (χ3v) is 4.09. The second-order valence-corrected chi connectivity index (χ2v) is 5.61. The molecule has 0 amide bonds. The molecule has 126 valence electrons. The van der Waals surface area contributed by atoms with Crippen molar-refractivity contribution in [2.45, 2.75) is 6.54 Å². The fourth-order valence-corrected chi connectivity index (χ4v) is 2.84. The topological polar surface area (TPSA) is 77.9 Å². The van der Waals surface area contributed by atoms with E-state index in [-0.39, 0.29) is 0 Å². The summed E-state index contributed by atoms with van der Waals surface area (Å²) in [6, 6.07) is 11.9. The number of nitrogens with one attached hydrogen (secondary N) is 1. The lowest BCUT2D eigenvalue weighted by Crippen LogP contribution is -2.02. The number of fused-ring (bicyclic) bond motifs is 1. The molecule has 7 nitrogen and oxygen atoms in total. The highest BCUT2D eigenvalue weighted by Crippen LogP contribution is 2.28. The molecule has 25 heavy (non-hydrogen) atoms. The zero-order chi connectivity index (χ0) is 17.2. The molecule has 0 spiro atoms. The molecule has 2 aromatic carbocycles. The lowest BCUT2D eigenvalue weighted by molar-refractivity contribution is 0.354. The smallest absolute Gasteiger partial charge is 0.164 e. The highest BCUT2D eigenvalue weighted by Gasteiger charge is 2.11. The SMILES string of the molecule is COc1ccc(Cn2cnnc2-c2ccc3nc[nH]c3c2)cc1OC. The summed E-state index contributed by atoms with van der Waals surface area (Å²) < 4.78 is 12.7. The maximum Gasteiger partial charge on any atom is 0.164 e. The molecule has 0 aliphatic carbocycles. The van der Waals surface area contributed by atoms with Crippen LogP contribution in [-0.2, 0) is 6.54 Å². The zero-order valence-electron chi connectivity index (χ0n) is 13.9. The van der Waals surface area contributed by atoms with Gasteiger partial charge in [0.15, 0.2) is 17.3 Å². The predicted molar refractivity (Wildman–Crippen MR) is 93.8 cm³/mol. The number of aromatic nitrogens is 5. The number of H-pyrrole nitrogens is 1. The second kappa shape index (κ2) is 6.27. The van der Waals surface area contributed by atoms with Gasteiger partial charge in [0.2, 0.25) is 0 Å². The predicted octanol–water partition coefficient (Wildman–Crippen LogP) is 2.89. The number of nitrogens with zero attached hydrogens (tertiary/aromatic N) is 4. The average Bonchev–Trinajstić information content (AvgIpc) is 3.29. The number of hydrogen-bond donors (Lipinski definition) is 1. The van der Waals surface area contributed by atoms with Gasteiger partial charge in [-0.1, -0.05) is 6.07 Å². The van der Waals surface area contributed by atoms with Crippen molar-refractivity contribution in [1.29, 1.82) is 0 Å². The number of methoxy groups -OCH3 is 2. The van der Waals surface area contributed by atoms with Crippen molar-refractivity contribution in [3.63, 3.8) is 0 Å². The fourth-order valence-electron chi connectivity index (χ4n) is 2.84. The standard InChI is InChI=1S/C18H17N5O2/c1-24-16-6-3-12(7-17(16)25-2)9-23-11-21-22-18(23)13-4-5-14-15(8-13)20-10-19-14/h3-8,10-11H,9H2,1-2H3,(H,19,20). The van der Waals surface area contributed by atoms with E-state index in [1.54, 1.807) is 26.9 Å². The Morgan fingerprint density at radius 1 is 1.04 bits per heavy atom. The number of imidazole rings is 1. The number of benzene rings is 2. The molecule has 0 saturated heterocycles. The van der Waals surface area contributed by atoms with Crippen LogP contribution in [0.3, 0.4) is 0 Å². The number of aromatic amines is 1. The van der Waals surface area contributed by atoms with Gasteiger partial charge in [-0.2, -0.15) is 0 Å². The van der Waals surface area contributed by atoms with E-state index >= 15 is 0 Å². The number of rotatable bonds is 5. The van der Waals surface area contributed by atoms with Crippen LogP contribution in [0.4, 0.5) is 0 Å². The molecule has 0 bridgehead atoms. The van der Waals surface area contributed by atoms with Crippen LogP contribution in [0.15, 0.2) is 49.1 Å². The summed E-state index contributed by atoms with van der Waals surface area (Å²) >= 11 is 0. The van der Waals surface area contributed by atoms with Crippen molar-refractivity contribution in [1.82, 2.24) is 24.7 Å². The zero-order valence-corrected chi connectivity index (χ0v) is 13.9. The maximum absolute atomic E-state index is 5.37. The Morgan fingerprint density at radius 2 is 1.92 bits per heavy atom. The third kappa shape index (κ3) is 2.80. The van der Waals surface area contributed by atoms with Crippen molar-refractivity contribution < 1.29 is 9.47 Å². The van der Waals surface area contributed by atoms with E-state index < -0.39 is 0 Å². The molecule has 2 heterocycles. The van der Waals surface area contributed by atoms with Crippen LogP contribution in [-0.4, -0.2) is 39.0 Å². The summed E-state index contributed by atoms with van der Waals surface area (Å²) in [6.45, 7) is 0.629. The Labute approximate surface area is 144 Å². The molecule has 1 N–H and O–H groups in total. The molecule has 4 aromatic rings. The molecule has 7 heteroatoms. The van der Waals surface area contributed by atoms with Gasteiger partial charge < -0.3 is 19.0 Å². The van der Waals surface area contributed by atoms with Crippen molar-refractivity contribution in [2.24, 2.45) is 0 Å². The van der Waals surface area contributed by atoms with Gasteiger partial charge in [0.1, 0.15) is 6.33 Å². The number of ether oxygens (including phenoxy) is 2. The third-order valence-electron chi connectivity index (χ3n) is 4.09. The van der Waals surface area contributed by atoms with Crippen molar-refractivity contribution in [2.75, 3.05) is 14.2 Å². The average molecular weight is 335 g/mol. The van der Waals surface area contributed by atoms with Gasteiger partial charge in [-0.3, -0.25) is 0 Å². The molecule has 0 saturated carbocycles. The van der Waals surface area contributed by atoms with Crippen LogP contribution < -0.4 is 9.47 Å². The van der Waals surface area contributed by atoms with Gasteiger partial charge in [0.25, 0.3) is 0 Å². The Balaban J connectivity index is 1.67. The first-order valence-electron chi connectivity index (χ1n) is 7.80.